The molecule has 0 radical (unpaired) electrons. The van der Waals surface area contributed by atoms with Crippen molar-refractivity contribution < 1.29 is 37.0 Å². The van der Waals surface area contributed by atoms with Crippen molar-refractivity contribution in [1.29, 1.82) is 0 Å². The molecule has 1 saturated heterocycles. The third kappa shape index (κ3) is 6.91. The number of rotatable bonds is 7. The summed E-state index contributed by atoms with van der Waals surface area (Å²) in [5.41, 5.74) is -0.689. The maximum Gasteiger partial charge on any atom is 0.416 e. The third-order valence-corrected chi connectivity index (χ3v) is 5.45. The second kappa shape index (κ2) is 11.3. The Bertz CT molecular complexity index is 985. The van der Waals surface area contributed by atoms with Gasteiger partial charge in [0.2, 0.25) is 0 Å². The summed E-state index contributed by atoms with van der Waals surface area (Å²) in [5.74, 6) is -1.15. The molecule has 2 aromatic carbocycles. The van der Waals surface area contributed by atoms with E-state index in [1.165, 1.54) is 18.2 Å². The van der Waals surface area contributed by atoms with Gasteiger partial charge in [0.1, 0.15) is 11.9 Å². The van der Waals surface area contributed by atoms with Crippen LogP contribution in [-0.2, 0) is 10.9 Å². The van der Waals surface area contributed by atoms with Crippen LogP contribution in [0.25, 0.3) is 0 Å². The number of aliphatic hydroxyl groups excluding tert-OH is 1. The van der Waals surface area contributed by atoms with E-state index in [0.29, 0.717) is 19.3 Å². The number of alkyl halides is 3. The summed E-state index contributed by atoms with van der Waals surface area (Å²) in [6.07, 6.45) is -3.99. The van der Waals surface area contributed by atoms with Crippen molar-refractivity contribution >= 4 is 17.6 Å². The molecule has 0 spiro atoms. The molecule has 1 fully saturated rings. The Kier molecular flexibility index (Phi) is 8.46. The highest BCUT2D eigenvalue weighted by Gasteiger charge is 2.32. The Morgan fingerprint density at radius 1 is 1.06 bits per heavy atom. The molecule has 0 aromatic heterocycles. The smallest absolute Gasteiger partial charge is 0.394 e. The number of aliphatic hydroxyl groups is 1. The molecule has 3 rings (SSSR count). The molecule has 0 saturated carbocycles. The number of benzene rings is 2. The van der Waals surface area contributed by atoms with Gasteiger partial charge in [-0.3, -0.25) is 4.79 Å². The second-order valence-electron chi connectivity index (χ2n) is 7.86. The highest BCUT2D eigenvalue weighted by Crippen LogP contribution is 2.30. The summed E-state index contributed by atoms with van der Waals surface area (Å²) < 4.78 is 57.4. The molecule has 0 aliphatic carbocycles. The minimum atomic E-state index is -4.47. The zero-order valence-electron chi connectivity index (χ0n) is 18.1. The maximum atomic E-state index is 13.7. The summed E-state index contributed by atoms with van der Waals surface area (Å²) >= 11 is 0. The number of urea groups is 1. The van der Waals surface area contributed by atoms with Crippen molar-refractivity contribution in [2.75, 3.05) is 18.5 Å². The summed E-state index contributed by atoms with van der Waals surface area (Å²) in [7, 11) is 0. The van der Waals surface area contributed by atoms with E-state index < -0.39 is 41.6 Å². The lowest BCUT2D eigenvalue weighted by atomic mass is 9.97. The van der Waals surface area contributed by atoms with E-state index in [9.17, 15) is 32.3 Å². The SMILES string of the molecule is O=C(Nc1ccc(C(F)(F)F)cc1)N[C@H]1CC[C@H](CCNC(=O)c2ccccc2F)O[C@H]1CO. The van der Waals surface area contributed by atoms with E-state index >= 15 is 0 Å². The first-order valence-corrected chi connectivity index (χ1v) is 10.7. The average molecular weight is 483 g/mol. The van der Waals surface area contributed by atoms with Crippen LogP contribution in [0.3, 0.4) is 0 Å². The first-order valence-electron chi connectivity index (χ1n) is 10.7. The molecule has 0 bridgehead atoms. The first kappa shape index (κ1) is 25.4. The van der Waals surface area contributed by atoms with Crippen LogP contribution in [0.15, 0.2) is 48.5 Å². The number of carbonyl (C=O) groups excluding carboxylic acids is 2. The topological polar surface area (TPSA) is 99.7 Å². The number of anilines is 1. The number of ether oxygens (including phenoxy) is 1. The van der Waals surface area contributed by atoms with Gasteiger partial charge in [-0.2, -0.15) is 13.2 Å². The molecule has 1 heterocycles. The summed E-state index contributed by atoms with van der Waals surface area (Å²) in [6, 6.07) is 8.52. The highest BCUT2D eigenvalue weighted by atomic mass is 19.4. The van der Waals surface area contributed by atoms with Gasteiger partial charge in [0.05, 0.1) is 29.9 Å². The first-order chi connectivity index (χ1) is 16.2. The number of halogens is 4. The maximum absolute atomic E-state index is 13.7. The molecular weight excluding hydrogens is 458 g/mol. The van der Waals surface area contributed by atoms with Crippen molar-refractivity contribution in [3.8, 4) is 0 Å². The van der Waals surface area contributed by atoms with Crippen LogP contribution in [0.5, 0.6) is 0 Å². The van der Waals surface area contributed by atoms with E-state index in [1.54, 1.807) is 6.07 Å². The largest absolute Gasteiger partial charge is 0.416 e. The predicted octanol–water partition coefficient (Wildman–Crippen LogP) is 3.69. The second-order valence-corrected chi connectivity index (χ2v) is 7.86. The molecular formula is C23H25F4N3O4. The van der Waals surface area contributed by atoms with Gasteiger partial charge in [0, 0.05) is 12.2 Å². The van der Waals surface area contributed by atoms with Gasteiger partial charge in [0.25, 0.3) is 5.91 Å². The standard InChI is InChI=1S/C23H25F4N3O4/c24-18-4-2-1-3-17(18)21(32)28-12-11-16-9-10-19(20(13-31)34-16)30-22(33)29-15-7-5-14(6-8-15)23(25,26)27/h1-8,16,19-20,31H,9-13H2,(H,28,32)(H2,29,30,33)/t16-,19+,20+/m1/s1. The summed E-state index contributed by atoms with van der Waals surface area (Å²) in [4.78, 5) is 24.3. The molecule has 1 aliphatic heterocycles. The Morgan fingerprint density at radius 3 is 2.41 bits per heavy atom. The fraction of sp³-hybridized carbons (Fsp3) is 0.391. The van der Waals surface area contributed by atoms with Gasteiger partial charge < -0.3 is 25.8 Å². The van der Waals surface area contributed by atoms with Crippen molar-refractivity contribution in [3.63, 3.8) is 0 Å². The lowest BCUT2D eigenvalue weighted by Crippen LogP contribution is -2.52. The van der Waals surface area contributed by atoms with E-state index in [4.69, 9.17) is 4.74 Å². The van der Waals surface area contributed by atoms with Gasteiger partial charge in [-0.1, -0.05) is 12.1 Å². The van der Waals surface area contributed by atoms with Crippen LogP contribution >= 0.6 is 0 Å². The predicted molar refractivity (Wildman–Crippen MR) is 116 cm³/mol. The highest BCUT2D eigenvalue weighted by molar-refractivity contribution is 5.94. The van der Waals surface area contributed by atoms with E-state index in [2.05, 4.69) is 16.0 Å². The monoisotopic (exact) mass is 483 g/mol. The van der Waals surface area contributed by atoms with Gasteiger partial charge in [-0.05, 0) is 55.7 Å². The zero-order chi connectivity index (χ0) is 24.7. The van der Waals surface area contributed by atoms with E-state index in [1.807, 2.05) is 0 Å². The molecule has 0 unspecified atom stereocenters. The number of amides is 3. The molecule has 3 atom stereocenters. The number of carbonyl (C=O) groups is 2. The summed E-state index contributed by atoms with van der Waals surface area (Å²) in [5, 5.41) is 17.4. The van der Waals surface area contributed by atoms with Crippen molar-refractivity contribution in [3.05, 3.63) is 65.5 Å². The molecule has 184 valence electrons. The Balaban J connectivity index is 1.44. The van der Waals surface area contributed by atoms with E-state index in [-0.39, 0.29) is 30.5 Å². The Morgan fingerprint density at radius 2 is 1.76 bits per heavy atom. The van der Waals surface area contributed by atoms with Crippen molar-refractivity contribution in [2.24, 2.45) is 0 Å². The van der Waals surface area contributed by atoms with Gasteiger partial charge >= 0.3 is 12.2 Å². The van der Waals surface area contributed by atoms with Gasteiger partial charge in [-0.25, -0.2) is 9.18 Å². The number of hydrogen-bond acceptors (Lipinski definition) is 4. The van der Waals surface area contributed by atoms with E-state index in [0.717, 1.165) is 24.3 Å². The van der Waals surface area contributed by atoms with Crippen LogP contribution < -0.4 is 16.0 Å². The van der Waals surface area contributed by atoms with Crippen LogP contribution in [0.4, 0.5) is 28.0 Å². The third-order valence-electron chi connectivity index (χ3n) is 5.45. The van der Waals surface area contributed by atoms with Crippen LogP contribution in [-0.4, -0.2) is 48.4 Å². The molecule has 34 heavy (non-hydrogen) atoms. The molecule has 11 heteroatoms. The number of hydrogen-bond donors (Lipinski definition) is 4. The Hall–Kier alpha value is -3.18. The minimum absolute atomic E-state index is 0.0522. The fourth-order valence-electron chi connectivity index (χ4n) is 3.67. The molecule has 4 N–H and O–H groups in total. The number of nitrogens with one attached hydrogen (secondary N) is 3. The van der Waals surface area contributed by atoms with Gasteiger partial charge in [0.15, 0.2) is 0 Å². The normalized spacial score (nSPS) is 20.4. The minimum Gasteiger partial charge on any atom is -0.394 e. The summed E-state index contributed by atoms with van der Waals surface area (Å²) in [6.45, 7) is -0.119. The van der Waals surface area contributed by atoms with Crippen LogP contribution in [0.2, 0.25) is 0 Å². The molecule has 1 aliphatic rings. The van der Waals surface area contributed by atoms with Crippen molar-refractivity contribution in [1.82, 2.24) is 10.6 Å². The van der Waals surface area contributed by atoms with Gasteiger partial charge in [-0.15, -0.1) is 0 Å². The molecule has 7 nitrogen and oxygen atoms in total. The average Bonchev–Trinajstić information content (AvgIpc) is 2.80. The molecule has 2 aromatic rings. The quantitative estimate of drug-likeness (QED) is 0.452. The van der Waals surface area contributed by atoms with Crippen LogP contribution in [0.1, 0.15) is 35.2 Å². The van der Waals surface area contributed by atoms with Crippen molar-refractivity contribution in [2.45, 2.75) is 43.7 Å². The van der Waals surface area contributed by atoms with Crippen LogP contribution in [0, 0.1) is 5.82 Å². The molecule has 3 amide bonds. The fourth-order valence-corrected chi connectivity index (χ4v) is 3.67. The zero-order valence-corrected chi connectivity index (χ0v) is 18.1. The Labute approximate surface area is 193 Å². The lowest BCUT2D eigenvalue weighted by molar-refractivity contribution is -0.137. The lowest BCUT2D eigenvalue weighted by Gasteiger charge is -2.36.